The summed E-state index contributed by atoms with van der Waals surface area (Å²) in [4.78, 5) is 23.1. The van der Waals surface area contributed by atoms with Gasteiger partial charge in [-0.1, -0.05) is 15.9 Å². The molecule has 3 rings (SSSR count). The Labute approximate surface area is 144 Å². The second kappa shape index (κ2) is 7.08. The lowest BCUT2D eigenvalue weighted by molar-refractivity contribution is 0.102. The van der Waals surface area contributed by atoms with Crippen molar-refractivity contribution in [1.29, 1.82) is 0 Å². The van der Waals surface area contributed by atoms with Gasteiger partial charge in [-0.05, 0) is 49.9 Å². The van der Waals surface area contributed by atoms with Gasteiger partial charge in [0, 0.05) is 29.3 Å². The summed E-state index contributed by atoms with van der Waals surface area (Å²) in [5.41, 5.74) is 2.18. The third-order valence-electron chi connectivity index (χ3n) is 4.00. The zero-order valence-corrected chi connectivity index (χ0v) is 14.6. The molecule has 1 aliphatic rings. The molecule has 1 aromatic heterocycles. The van der Waals surface area contributed by atoms with E-state index in [2.05, 4.69) is 36.1 Å². The van der Waals surface area contributed by atoms with Crippen molar-refractivity contribution < 1.29 is 4.79 Å². The monoisotopic (exact) mass is 374 g/mol. The molecule has 120 valence electrons. The molecule has 1 amide bonds. The van der Waals surface area contributed by atoms with Crippen molar-refractivity contribution >= 4 is 33.3 Å². The minimum absolute atomic E-state index is 0.212. The van der Waals surface area contributed by atoms with E-state index in [1.807, 2.05) is 25.1 Å². The van der Waals surface area contributed by atoms with E-state index in [9.17, 15) is 4.79 Å². The number of benzene rings is 1. The predicted molar refractivity (Wildman–Crippen MR) is 94.9 cm³/mol. The molecule has 1 fully saturated rings. The number of piperidine rings is 1. The Hall–Kier alpha value is -1.95. The lowest BCUT2D eigenvalue weighted by Crippen LogP contribution is -2.30. The molecular weight excluding hydrogens is 356 g/mol. The highest BCUT2D eigenvalue weighted by molar-refractivity contribution is 9.10. The molecule has 2 aromatic rings. The third kappa shape index (κ3) is 3.88. The van der Waals surface area contributed by atoms with Crippen LogP contribution in [0.25, 0.3) is 0 Å². The van der Waals surface area contributed by atoms with Gasteiger partial charge >= 0.3 is 0 Å². The highest BCUT2D eigenvalue weighted by Gasteiger charge is 2.15. The summed E-state index contributed by atoms with van der Waals surface area (Å²) in [6, 6.07) is 7.52. The summed E-state index contributed by atoms with van der Waals surface area (Å²) in [6.45, 7) is 3.94. The molecule has 0 radical (unpaired) electrons. The number of aryl methyl sites for hydroxylation is 1. The number of rotatable bonds is 3. The highest BCUT2D eigenvalue weighted by atomic mass is 79.9. The van der Waals surface area contributed by atoms with E-state index >= 15 is 0 Å². The molecule has 6 heteroatoms. The Morgan fingerprint density at radius 2 is 1.96 bits per heavy atom. The van der Waals surface area contributed by atoms with Gasteiger partial charge in [-0.15, -0.1) is 0 Å². The molecule has 2 heterocycles. The minimum atomic E-state index is -0.212. The number of nitrogens with zero attached hydrogens (tertiary/aromatic N) is 3. The van der Waals surface area contributed by atoms with Crippen LogP contribution in [0.3, 0.4) is 0 Å². The standard InChI is InChI=1S/C17H19BrN4O/c1-12-9-13(18)5-6-14(12)21-17(23)15-10-16(20-11-19-15)22-7-3-2-4-8-22/h5-6,9-11H,2-4,7-8H2,1H3,(H,21,23). The van der Waals surface area contributed by atoms with Gasteiger partial charge in [-0.25, -0.2) is 9.97 Å². The molecule has 23 heavy (non-hydrogen) atoms. The zero-order chi connectivity index (χ0) is 16.2. The van der Waals surface area contributed by atoms with E-state index < -0.39 is 0 Å². The zero-order valence-electron chi connectivity index (χ0n) is 13.1. The van der Waals surface area contributed by atoms with Crippen LogP contribution < -0.4 is 10.2 Å². The van der Waals surface area contributed by atoms with Crippen molar-refractivity contribution in [2.45, 2.75) is 26.2 Å². The molecule has 5 nitrogen and oxygen atoms in total. The lowest BCUT2D eigenvalue weighted by Gasteiger charge is -2.27. The Morgan fingerprint density at radius 3 is 2.70 bits per heavy atom. The Bertz CT molecular complexity index is 713. The summed E-state index contributed by atoms with van der Waals surface area (Å²) in [5.74, 6) is 0.619. The maximum atomic E-state index is 12.5. The summed E-state index contributed by atoms with van der Waals surface area (Å²) < 4.78 is 0.988. The van der Waals surface area contributed by atoms with Crippen molar-refractivity contribution in [2.75, 3.05) is 23.3 Å². The molecule has 0 bridgehead atoms. The van der Waals surface area contributed by atoms with Crippen LogP contribution in [0.4, 0.5) is 11.5 Å². The first-order valence-corrected chi connectivity index (χ1v) is 8.57. The van der Waals surface area contributed by atoms with Gasteiger partial charge in [0.15, 0.2) is 0 Å². The van der Waals surface area contributed by atoms with E-state index in [1.165, 1.54) is 25.6 Å². The smallest absolute Gasteiger partial charge is 0.274 e. The molecule has 0 unspecified atom stereocenters. The largest absolute Gasteiger partial charge is 0.357 e. The first-order chi connectivity index (χ1) is 11.1. The van der Waals surface area contributed by atoms with Crippen LogP contribution in [0.1, 0.15) is 35.3 Å². The molecule has 1 aromatic carbocycles. The van der Waals surface area contributed by atoms with Crippen LogP contribution in [-0.2, 0) is 0 Å². The molecule has 0 atom stereocenters. The number of anilines is 2. The van der Waals surface area contributed by atoms with Crippen LogP contribution in [-0.4, -0.2) is 29.0 Å². The van der Waals surface area contributed by atoms with Crippen LogP contribution in [0.2, 0.25) is 0 Å². The van der Waals surface area contributed by atoms with Gasteiger partial charge in [-0.2, -0.15) is 0 Å². The Morgan fingerprint density at radius 1 is 1.17 bits per heavy atom. The average Bonchev–Trinajstić information content (AvgIpc) is 2.58. The number of hydrogen-bond donors (Lipinski definition) is 1. The first-order valence-electron chi connectivity index (χ1n) is 7.78. The molecular formula is C17H19BrN4O. The van der Waals surface area contributed by atoms with Crippen molar-refractivity contribution in [3.05, 3.63) is 46.3 Å². The first kappa shape index (κ1) is 15.9. The second-order valence-corrected chi connectivity index (χ2v) is 6.64. The number of nitrogens with one attached hydrogen (secondary N) is 1. The number of carbonyl (C=O) groups is 1. The van der Waals surface area contributed by atoms with Crippen LogP contribution >= 0.6 is 15.9 Å². The summed E-state index contributed by atoms with van der Waals surface area (Å²) in [5, 5.41) is 2.92. The number of aromatic nitrogens is 2. The van der Waals surface area contributed by atoms with Gasteiger partial charge in [0.2, 0.25) is 0 Å². The Balaban J connectivity index is 1.76. The minimum Gasteiger partial charge on any atom is -0.357 e. The van der Waals surface area contributed by atoms with Crippen LogP contribution in [0.5, 0.6) is 0 Å². The molecule has 0 saturated carbocycles. The molecule has 1 aliphatic heterocycles. The molecule has 1 saturated heterocycles. The average molecular weight is 375 g/mol. The van der Waals surface area contributed by atoms with Crippen molar-refractivity contribution in [3.8, 4) is 0 Å². The fourth-order valence-corrected chi connectivity index (χ4v) is 3.20. The SMILES string of the molecule is Cc1cc(Br)ccc1NC(=O)c1cc(N2CCCCC2)ncn1. The van der Waals surface area contributed by atoms with Gasteiger partial charge in [0.05, 0.1) is 0 Å². The van der Waals surface area contributed by atoms with E-state index in [0.29, 0.717) is 5.69 Å². The number of halogens is 1. The topological polar surface area (TPSA) is 58.1 Å². The highest BCUT2D eigenvalue weighted by Crippen LogP contribution is 2.21. The van der Waals surface area contributed by atoms with Crippen LogP contribution in [0.15, 0.2) is 35.1 Å². The Kier molecular flexibility index (Phi) is 4.91. The lowest BCUT2D eigenvalue weighted by atomic mass is 10.1. The fraction of sp³-hybridized carbons (Fsp3) is 0.353. The van der Waals surface area contributed by atoms with Gasteiger partial charge in [0.25, 0.3) is 5.91 Å². The summed E-state index contributed by atoms with van der Waals surface area (Å²) >= 11 is 3.42. The molecule has 1 N–H and O–H groups in total. The summed E-state index contributed by atoms with van der Waals surface area (Å²) in [6.07, 6.45) is 5.07. The number of amides is 1. The predicted octanol–water partition coefficient (Wildman–Crippen LogP) is 3.79. The number of hydrogen-bond acceptors (Lipinski definition) is 4. The summed E-state index contributed by atoms with van der Waals surface area (Å²) in [7, 11) is 0. The third-order valence-corrected chi connectivity index (χ3v) is 4.50. The van der Waals surface area contributed by atoms with Gasteiger partial charge in [-0.3, -0.25) is 4.79 Å². The second-order valence-electron chi connectivity index (χ2n) is 5.72. The van der Waals surface area contributed by atoms with E-state index in [-0.39, 0.29) is 5.91 Å². The van der Waals surface area contributed by atoms with E-state index in [4.69, 9.17) is 0 Å². The van der Waals surface area contributed by atoms with Gasteiger partial charge in [0.1, 0.15) is 17.8 Å². The van der Waals surface area contributed by atoms with E-state index in [0.717, 1.165) is 34.6 Å². The number of carbonyl (C=O) groups excluding carboxylic acids is 1. The quantitative estimate of drug-likeness (QED) is 0.887. The van der Waals surface area contributed by atoms with Crippen molar-refractivity contribution in [2.24, 2.45) is 0 Å². The normalized spacial score (nSPS) is 14.6. The van der Waals surface area contributed by atoms with Crippen molar-refractivity contribution in [3.63, 3.8) is 0 Å². The van der Waals surface area contributed by atoms with E-state index in [1.54, 1.807) is 6.07 Å². The maximum Gasteiger partial charge on any atom is 0.274 e. The molecule has 0 aliphatic carbocycles. The van der Waals surface area contributed by atoms with Crippen molar-refractivity contribution in [1.82, 2.24) is 9.97 Å². The van der Waals surface area contributed by atoms with Crippen LogP contribution in [0, 0.1) is 6.92 Å². The maximum absolute atomic E-state index is 12.5. The molecule has 0 spiro atoms. The fourth-order valence-electron chi connectivity index (χ4n) is 2.72. The van der Waals surface area contributed by atoms with Gasteiger partial charge < -0.3 is 10.2 Å².